The van der Waals surface area contributed by atoms with Crippen molar-refractivity contribution in [1.29, 1.82) is 0 Å². The quantitative estimate of drug-likeness (QED) is 0.673. The van der Waals surface area contributed by atoms with Gasteiger partial charge in [0.05, 0.1) is 19.3 Å². The number of ether oxygens (including phenoxy) is 1. The molecule has 0 saturated heterocycles. The number of amides is 1. The van der Waals surface area contributed by atoms with E-state index in [1.54, 1.807) is 10.9 Å². The summed E-state index contributed by atoms with van der Waals surface area (Å²) < 4.78 is 6.62. The van der Waals surface area contributed by atoms with E-state index < -0.39 is 0 Å². The Morgan fingerprint density at radius 2 is 2.47 bits per heavy atom. The molecule has 0 spiro atoms. The summed E-state index contributed by atoms with van der Waals surface area (Å²) in [4.78, 5) is 11.6. The second kappa shape index (κ2) is 7.03. The third-order valence-electron chi connectivity index (χ3n) is 2.48. The van der Waals surface area contributed by atoms with E-state index in [1.165, 1.54) is 7.11 Å². The molecular weight excluding hydrogens is 222 g/mol. The Kier molecular flexibility index (Phi) is 5.65. The maximum Gasteiger partial charge on any atom is 0.220 e. The highest BCUT2D eigenvalue weighted by atomic mass is 16.5. The molecule has 1 heterocycles. The maximum atomic E-state index is 11.6. The van der Waals surface area contributed by atoms with Crippen LogP contribution in [0.2, 0.25) is 0 Å². The molecule has 1 aromatic heterocycles. The van der Waals surface area contributed by atoms with E-state index in [0.29, 0.717) is 19.4 Å². The highest BCUT2D eigenvalue weighted by Crippen LogP contribution is 2.00. The SMILES string of the molecule is COC[C@H](CO)NC(=O)CCc1ccnn1C. The van der Waals surface area contributed by atoms with Gasteiger partial charge in [-0.2, -0.15) is 5.10 Å². The number of aryl methyl sites for hydroxylation is 2. The topological polar surface area (TPSA) is 76.4 Å². The average Bonchev–Trinajstić information content (AvgIpc) is 2.71. The molecular formula is C11H19N3O3. The number of nitrogens with one attached hydrogen (secondary N) is 1. The van der Waals surface area contributed by atoms with E-state index in [9.17, 15) is 4.79 Å². The Morgan fingerprint density at radius 3 is 3.00 bits per heavy atom. The number of carbonyl (C=O) groups is 1. The van der Waals surface area contributed by atoms with Gasteiger partial charge in [0, 0.05) is 32.5 Å². The van der Waals surface area contributed by atoms with Gasteiger partial charge in [-0.05, 0) is 12.5 Å². The summed E-state index contributed by atoms with van der Waals surface area (Å²) in [7, 11) is 3.37. The number of nitrogens with zero attached hydrogens (tertiary/aromatic N) is 2. The first-order valence-corrected chi connectivity index (χ1v) is 5.53. The number of rotatable bonds is 7. The maximum absolute atomic E-state index is 11.6. The third-order valence-corrected chi connectivity index (χ3v) is 2.48. The fourth-order valence-electron chi connectivity index (χ4n) is 1.53. The molecule has 0 aliphatic heterocycles. The van der Waals surface area contributed by atoms with Crippen molar-refractivity contribution in [1.82, 2.24) is 15.1 Å². The molecule has 1 aromatic rings. The molecule has 6 heteroatoms. The van der Waals surface area contributed by atoms with Crippen LogP contribution in [0.5, 0.6) is 0 Å². The van der Waals surface area contributed by atoms with Gasteiger partial charge in [0.15, 0.2) is 0 Å². The minimum absolute atomic E-state index is 0.0951. The summed E-state index contributed by atoms with van der Waals surface area (Å²) in [6.45, 7) is 0.194. The molecule has 0 aliphatic carbocycles. The number of hydrogen-bond acceptors (Lipinski definition) is 4. The van der Waals surface area contributed by atoms with Crippen molar-refractivity contribution < 1.29 is 14.6 Å². The van der Waals surface area contributed by atoms with Gasteiger partial charge in [-0.25, -0.2) is 0 Å². The molecule has 0 saturated carbocycles. The van der Waals surface area contributed by atoms with E-state index in [4.69, 9.17) is 9.84 Å². The molecule has 0 fully saturated rings. The second-order valence-corrected chi connectivity index (χ2v) is 3.85. The van der Waals surface area contributed by atoms with Gasteiger partial charge in [0.1, 0.15) is 0 Å². The number of carbonyl (C=O) groups excluding carboxylic acids is 1. The van der Waals surface area contributed by atoms with Gasteiger partial charge in [-0.15, -0.1) is 0 Å². The van der Waals surface area contributed by atoms with Gasteiger partial charge >= 0.3 is 0 Å². The fraction of sp³-hybridized carbons (Fsp3) is 0.636. The van der Waals surface area contributed by atoms with Crippen LogP contribution < -0.4 is 5.32 Å². The van der Waals surface area contributed by atoms with Crippen LogP contribution in [0.25, 0.3) is 0 Å². The van der Waals surface area contributed by atoms with Crippen molar-refractivity contribution in [2.75, 3.05) is 20.3 Å². The van der Waals surface area contributed by atoms with Crippen LogP contribution in [-0.4, -0.2) is 47.2 Å². The Morgan fingerprint density at radius 1 is 1.71 bits per heavy atom. The van der Waals surface area contributed by atoms with Crippen molar-refractivity contribution in [3.8, 4) is 0 Å². The van der Waals surface area contributed by atoms with Gasteiger partial charge in [-0.1, -0.05) is 0 Å². The largest absolute Gasteiger partial charge is 0.394 e. The lowest BCUT2D eigenvalue weighted by molar-refractivity contribution is -0.122. The van der Waals surface area contributed by atoms with Crippen LogP contribution in [0.15, 0.2) is 12.3 Å². The minimum atomic E-state index is -0.334. The third kappa shape index (κ3) is 4.54. The molecule has 1 amide bonds. The van der Waals surface area contributed by atoms with Crippen molar-refractivity contribution in [2.45, 2.75) is 18.9 Å². The van der Waals surface area contributed by atoms with E-state index >= 15 is 0 Å². The fourth-order valence-corrected chi connectivity index (χ4v) is 1.53. The molecule has 6 nitrogen and oxygen atoms in total. The summed E-state index contributed by atoms with van der Waals surface area (Å²) in [6, 6.07) is 1.55. The van der Waals surface area contributed by atoms with Crippen molar-refractivity contribution in [3.63, 3.8) is 0 Å². The zero-order valence-electron chi connectivity index (χ0n) is 10.2. The summed E-state index contributed by atoms with van der Waals surface area (Å²) in [5.41, 5.74) is 1.01. The van der Waals surface area contributed by atoms with Crippen LogP contribution in [0.3, 0.4) is 0 Å². The Balaban J connectivity index is 2.32. The first-order chi connectivity index (χ1) is 8.17. The zero-order chi connectivity index (χ0) is 12.7. The van der Waals surface area contributed by atoms with Crippen LogP contribution in [0.4, 0.5) is 0 Å². The molecule has 0 aromatic carbocycles. The molecule has 96 valence electrons. The number of methoxy groups -OCH3 is 1. The number of aliphatic hydroxyl groups is 1. The second-order valence-electron chi connectivity index (χ2n) is 3.85. The van der Waals surface area contributed by atoms with Gasteiger partial charge < -0.3 is 15.2 Å². The highest BCUT2D eigenvalue weighted by molar-refractivity contribution is 5.76. The minimum Gasteiger partial charge on any atom is -0.394 e. The molecule has 17 heavy (non-hydrogen) atoms. The first kappa shape index (κ1) is 13.7. The van der Waals surface area contributed by atoms with Crippen LogP contribution in [0, 0.1) is 0 Å². The summed E-state index contributed by atoms with van der Waals surface area (Å²) in [5.74, 6) is -0.0951. The molecule has 0 radical (unpaired) electrons. The lowest BCUT2D eigenvalue weighted by Crippen LogP contribution is -2.40. The van der Waals surface area contributed by atoms with Crippen LogP contribution >= 0.6 is 0 Å². The number of aromatic nitrogens is 2. The molecule has 0 aliphatic rings. The predicted molar refractivity (Wildman–Crippen MR) is 62.4 cm³/mol. The summed E-state index contributed by atoms with van der Waals surface area (Å²) >= 11 is 0. The Hall–Kier alpha value is -1.40. The van der Waals surface area contributed by atoms with Crippen molar-refractivity contribution in [2.24, 2.45) is 7.05 Å². The number of aliphatic hydroxyl groups excluding tert-OH is 1. The standard InChI is InChI=1S/C11H19N3O3/c1-14-10(5-6-12-14)3-4-11(16)13-9(7-15)8-17-2/h5-6,9,15H,3-4,7-8H2,1-2H3,(H,13,16)/t9-/m0/s1. The Labute approximate surface area is 101 Å². The van der Waals surface area contributed by atoms with Gasteiger partial charge in [0.2, 0.25) is 5.91 Å². The summed E-state index contributed by atoms with van der Waals surface area (Å²) in [6.07, 6.45) is 2.71. The first-order valence-electron chi connectivity index (χ1n) is 5.53. The average molecular weight is 241 g/mol. The van der Waals surface area contributed by atoms with E-state index in [0.717, 1.165) is 5.69 Å². The van der Waals surface area contributed by atoms with E-state index in [1.807, 2.05) is 13.1 Å². The van der Waals surface area contributed by atoms with E-state index in [-0.39, 0.29) is 18.6 Å². The van der Waals surface area contributed by atoms with Crippen LogP contribution in [-0.2, 0) is 23.0 Å². The van der Waals surface area contributed by atoms with E-state index in [2.05, 4.69) is 10.4 Å². The van der Waals surface area contributed by atoms with Crippen molar-refractivity contribution >= 4 is 5.91 Å². The highest BCUT2D eigenvalue weighted by Gasteiger charge is 2.11. The monoisotopic (exact) mass is 241 g/mol. The van der Waals surface area contributed by atoms with Crippen LogP contribution in [0.1, 0.15) is 12.1 Å². The summed E-state index contributed by atoms with van der Waals surface area (Å²) in [5, 5.41) is 15.7. The molecule has 1 atom stereocenters. The zero-order valence-corrected chi connectivity index (χ0v) is 10.2. The normalized spacial score (nSPS) is 12.4. The number of hydrogen-bond donors (Lipinski definition) is 2. The van der Waals surface area contributed by atoms with Crippen molar-refractivity contribution in [3.05, 3.63) is 18.0 Å². The lowest BCUT2D eigenvalue weighted by Gasteiger charge is -2.15. The lowest BCUT2D eigenvalue weighted by atomic mass is 10.2. The molecule has 1 rings (SSSR count). The Bertz CT molecular complexity index is 351. The molecule has 0 unspecified atom stereocenters. The molecule has 2 N–H and O–H groups in total. The van der Waals surface area contributed by atoms with Gasteiger partial charge in [-0.3, -0.25) is 9.48 Å². The van der Waals surface area contributed by atoms with Gasteiger partial charge in [0.25, 0.3) is 0 Å². The molecule has 0 bridgehead atoms. The smallest absolute Gasteiger partial charge is 0.220 e. The predicted octanol–water partition coefficient (Wildman–Crippen LogP) is -0.524.